The average molecular weight is 219 g/mol. The Morgan fingerprint density at radius 1 is 1.38 bits per heavy atom. The van der Waals surface area contributed by atoms with Crippen molar-refractivity contribution in [2.75, 3.05) is 11.4 Å². The summed E-state index contributed by atoms with van der Waals surface area (Å²) in [6.45, 7) is 2.17. The van der Waals surface area contributed by atoms with Gasteiger partial charge < -0.3 is 10.0 Å². The largest absolute Gasteiger partial charge is 0.478 e. The van der Waals surface area contributed by atoms with E-state index in [-0.39, 0.29) is 5.91 Å². The van der Waals surface area contributed by atoms with E-state index in [1.165, 1.54) is 6.92 Å². The van der Waals surface area contributed by atoms with Crippen LogP contribution in [0.25, 0.3) is 0 Å². The van der Waals surface area contributed by atoms with Crippen LogP contribution in [0, 0.1) is 0 Å². The molecule has 1 aromatic carbocycles. The summed E-state index contributed by atoms with van der Waals surface area (Å²) in [5.41, 5.74) is 1.83. The van der Waals surface area contributed by atoms with Crippen LogP contribution in [0.1, 0.15) is 29.3 Å². The zero-order chi connectivity index (χ0) is 11.7. The number of amides is 1. The van der Waals surface area contributed by atoms with Crippen molar-refractivity contribution in [3.8, 4) is 0 Å². The van der Waals surface area contributed by atoms with Gasteiger partial charge in [-0.15, -0.1) is 0 Å². The first-order valence-electron chi connectivity index (χ1n) is 5.24. The van der Waals surface area contributed by atoms with Gasteiger partial charge in [0.1, 0.15) is 0 Å². The maximum atomic E-state index is 11.4. The van der Waals surface area contributed by atoms with Crippen LogP contribution in [-0.2, 0) is 11.2 Å². The van der Waals surface area contributed by atoms with E-state index in [0.29, 0.717) is 12.1 Å². The van der Waals surface area contributed by atoms with Gasteiger partial charge in [-0.05, 0) is 30.5 Å². The van der Waals surface area contributed by atoms with E-state index in [2.05, 4.69) is 0 Å². The first kappa shape index (κ1) is 10.7. The SMILES string of the molecule is CC(=O)N1CCCc2c(C(=O)O)cccc21. The Balaban J connectivity index is 2.54. The van der Waals surface area contributed by atoms with E-state index in [4.69, 9.17) is 5.11 Å². The highest BCUT2D eigenvalue weighted by atomic mass is 16.4. The lowest BCUT2D eigenvalue weighted by Gasteiger charge is -2.29. The number of carboxylic acids is 1. The minimum absolute atomic E-state index is 0.0384. The second kappa shape index (κ2) is 3.96. The molecule has 0 radical (unpaired) electrons. The van der Waals surface area contributed by atoms with Gasteiger partial charge in [0, 0.05) is 19.2 Å². The molecule has 84 valence electrons. The number of nitrogens with zero attached hydrogens (tertiary/aromatic N) is 1. The lowest BCUT2D eigenvalue weighted by atomic mass is 9.96. The highest BCUT2D eigenvalue weighted by Crippen LogP contribution is 2.29. The Morgan fingerprint density at radius 2 is 2.12 bits per heavy atom. The van der Waals surface area contributed by atoms with E-state index in [0.717, 1.165) is 24.1 Å². The fraction of sp³-hybridized carbons (Fsp3) is 0.333. The first-order valence-corrected chi connectivity index (χ1v) is 5.24. The fourth-order valence-corrected chi connectivity index (χ4v) is 2.15. The van der Waals surface area contributed by atoms with Gasteiger partial charge >= 0.3 is 5.97 Å². The Kier molecular flexibility index (Phi) is 2.64. The second-order valence-electron chi connectivity index (χ2n) is 3.88. The summed E-state index contributed by atoms with van der Waals surface area (Å²) in [5.74, 6) is -0.967. The van der Waals surface area contributed by atoms with Crippen molar-refractivity contribution in [2.24, 2.45) is 0 Å². The van der Waals surface area contributed by atoms with Gasteiger partial charge in [-0.3, -0.25) is 4.79 Å². The molecule has 4 nitrogen and oxygen atoms in total. The number of anilines is 1. The van der Waals surface area contributed by atoms with Gasteiger partial charge in [-0.25, -0.2) is 4.79 Å². The fourth-order valence-electron chi connectivity index (χ4n) is 2.15. The van der Waals surface area contributed by atoms with Crippen LogP contribution < -0.4 is 4.90 Å². The predicted octanol–water partition coefficient (Wildman–Crippen LogP) is 1.68. The topological polar surface area (TPSA) is 57.6 Å². The molecular weight excluding hydrogens is 206 g/mol. The summed E-state index contributed by atoms with van der Waals surface area (Å²) in [6, 6.07) is 5.08. The number of hydrogen-bond acceptors (Lipinski definition) is 2. The normalized spacial score (nSPS) is 14.4. The van der Waals surface area contributed by atoms with Crippen LogP contribution in [-0.4, -0.2) is 23.5 Å². The molecule has 0 aromatic heterocycles. The van der Waals surface area contributed by atoms with Crippen molar-refractivity contribution in [1.82, 2.24) is 0 Å². The number of aromatic carboxylic acids is 1. The van der Waals surface area contributed by atoms with Crippen LogP contribution in [0.3, 0.4) is 0 Å². The third-order valence-electron chi connectivity index (χ3n) is 2.86. The van der Waals surface area contributed by atoms with Crippen molar-refractivity contribution < 1.29 is 14.7 Å². The number of fused-ring (bicyclic) bond motifs is 1. The molecule has 1 aliphatic rings. The standard InChI is InChI=1S/C12H13NO3/c1-8(14)13-7-3-5-9-10(12(15)16)4-2-6-11(9)13/h2,4,6H,3,5,7H2,1H3,(H,15,16). The van der Waals surface area contributed by atoms with Crippen LogP contribution in [0.4, 0.5) is 5.69 Å². The molecule has 1 amide bonds. The minimum Gasteiger partial charge on any atom is -0.478 e. The first-order chi connectivity index (χ1) is 7.61. The lowest BCUT2D eigenvalue weighted by Crippen LogP contribution is -2.34. The van der Waals surface area contributed by atoms with Crippen molar-refractivity contribution in [2.45, 2.75) is 19.8 Å². The van der Waals surface area contributed by atoms with Crippen molar-refractivity contribution in [3.05, 3.63) is 29.3 Å². The smallest absolute Gasteiger partial charge is 0.336 e. The molecule has 4 heteroatoms. The molecule has 1 aromatic rings. The van der Waals surface area contributed by atoms with Gasteiger partial charge in [0.2, 0.25) is 5.91 Å². The molecule has 0 saturated heterocycles. The third kappa shape index (κ3) is 1.66. The molecule has 1 heterocycles. The van der Waals surface area contributed by atoms with E-state index in [9.17, 15) is 9.59 Å². The average Bonchev–Trinajstić information content (AvgIpc) is 2.27. The second-order valence-corrected chi connectivity index (χ2v) is 3.88. The summed E-state index contributed by atoms with van der Waals surface area (Å²) in [4.78, 5) is 24.1. The van der Waals surface area contributed by atoms with E-state index < -0.39 is 5.97 Å². The summed E-state index contributed by atoms with van der Waals surface area (Å²) >= 11 is 0. The molecule has 0 unspecified atom stereocenters. The highest BCUT2D eigenvalue weighted by molar-refractivity contribution is 5.97. The third-order valence-corrected chi connectivity index (χ3v) is 2.86. The lowest BCUT2D eigenvalue weighted by molar-refractivity contribution is -0.116. The number of carboxylic acid groups (broad SMARTS) is 1. The molecule has 0 fully saturated rings. The quantitative estimate of drug-likeness (QED) is 0.781. The monoisotopic (exact) mass is 219 g/mol. The van der Waals surface area contributed by atoms with Gasteiger partial charge in [-0.1, -0.05) is 6.07 Å². The molecule has 16 heavy (non-hydrogen) atoms. The van der Waals surface area contributed by atoms with Crippen LogP contribution >= 0.6 is 0 Å². The maximum absolute atomic E-state index is 11.4. The van der Waals surface area contributed by atoms with Crippen molar-refractivity contribution in [3.63, 3.8) is 0 Å². The zero-order valence-electron chi connectivity index (χ0n) is 9.06. The summed E-state index contributed by atoms with van der Waals surface area (Å²) < 4.78 is 0. The summed E-state index contributed by atoms with van der Waals surface area (Å²) in [7, 11) is 0. The molecule has 1 N–H and O–H groups in total. The molecule has 0 aliphatic carbocycles. The molecule has 2 rings (SSSR count). The Labute approximate surface area is 93.5 Å². The molecule has 0 saturated carbocycles. The number of carbonyl (C=O) groups is 2. The van der Waals surface area contributed by atoms with Crippen LogP contribution in [0.5, 0.6) is 0 Å². The number of carbonyl (C=O) groups excluding carboxylic acids is 1. The number of benzene rings is 1. The molecule has 0 atom stereocenters. The Hall–Kier alpha value is -1.84. The molecular formula is C12H13NO3. The predicted molar refractivity (Wildman–Crippen MR) is 59.7 cm³/mol. The highest BCUT2D eigenvalue weighted by Gasteiger charge is 2.23. The number of rotatable bonds is 1. The summed E-state index contributed by atoms with van der Waals surface area (Å²) in [5, 5.41) is 9.06. The molecule has 1 aliphatic heterocycles. The van der Waals surface area contributed by atoms with Gasteiger partial charge in [0.05, 0.1) is 5.56 Å². The molecule has 0 bridgehead atoms. The minimum atomic E-state index is -0.928. The van der Waals surface area contributed by atoms with E-state index in [1.54, 1.807) is 17.0 Å². The van der Waals surface area contributed by atoms with Crippen molar-refractivity contribution in [1.29, 1.82) is 0 Å². The summed E-state index contributed by atoms with van der Waals surface area (Å²) in [6.07, 6.45) is 1.54. The van der Waals surface area contributed by atoms with Gasteiger partial charge in [0.25, 0.3) is 0 Å². The molecule has 0 spiro atoms. The van der Waals surface area contributed by atoms with Crippen LogP contribution in [0.15, 0.2) is 18.2 Å². The van der Waals surface area contributed by atoms with Gasteiger partial charge in [-0.2, -0.15) is 0 Å². The Bertz CT molecular complexity index is 454. The zero-order valence-corrected chi connectivity index (χ0v) is 9.06. The Morgan fingerprint density at radius 3 is 2.75 bits per heavy atom. The number of hydrogen-bond donors (Lipinski definition) is 1. The van der Waals surface area contributed by atoms with E-state index >= 15 is 0 Å². The van der Waals surface area contributed by atoms with Crippen molar-refractivity contribution >= 4 is 17.6 Å². The van der Waals surface area contributed by atoms with Crippen LogP contribution in [0.2, 0.25) is 0 Å². The van der Waals surface area contributed by atoms with E-state index in [1.807, 2.05) is 6.07 Å². The van der Waals surface area contributed by atoms with Gasteiger partial charge in [0.15, 0.2) is 0 Å². The maximum Gasteiger partial charge on any atom is 0.336 e.